The highest BCUT2D eigenvalue weighted by Crippen LogP contribution is 2.64. The molecule has 14 rings (SSSR count). The van der Waals surface area contributed by atoms with E-state index < -0.39 is 13.5 Å². The summed E-state index contributed by atoms with van der Waals surface area (Å²) in [6, 6.07) is 72.9. The number of benzene rings is 9. The van der Waals surface area contributed by atoms with Crippen molar-refractivity contribution in [3.05, 3.63) is 221 Å². The zero-order valence-electron chi connectivity index (χ0n) is 33.3. The number of anilines is 3. The summed E-state index contributed by atoms with van der Waals surface area (Å²) < 4.78 is 2.69. The van der Waals surface area contributed by atoms with E-state index in [4.69, 9.17) is 0 Å². The number of nitrogens with zero attached hydrogens (tertiary/aromatic N) is 1. The molecular formula is C57H37NSSi. The number of hydrogen-bond donors (Lipinski definition) is 0. The van der Waals surface area contributed by atoms with E-state index >= 15 is 0 Å². The number of rotatable bonds is 1. The second-order valence-corrected chi connectivity index (χ2v) is 22.0. The summed E-state index contributed by atoms with van der Waals surface area (Å²) in [6.45, 7) is 4.52. The number of para-hydroxylation sites is 2. The van der Waals surface area contributed by atoms with Crippen LogP contribution < -0.4 is 25.6 Å². The van der Waals surface area contributed by atoms with E-state index in [1.807, 2.05) is 11.3 Å². The van der Waals surface area contributed by atoms with Gasteiger partial charge in [0.1, 0.15) is 0 Å². The van der Waals surface area contributed by atoms with E-state index in [1.165, 1.54) is 125 Å². The first-order valence-electron chi connectivity index (χ1n) is 21.1. The Labute approximate surface area is 354 Å². The minimum absolute atomic E-state index is 0.492. The van der Waals surface area contributed by atoms with Crippen molar-refractivity contribution in [2.45, 2.75) is 19.3 Å². The lowest BCUT2D eigenvalue weighted by Gasteiger charge is -2.45. The lowest BCUT2D eigenvalue weighted by atomic mass is 9.64. The lowest BCUT2D eigenvalue weighted by molar-refractivity contribution is 0.754. The van der Waals surface area contributed by atoms with Crippen molar-refractivity contribution in [2.24, 2.45) is 0 Å². The molecule has 0 saturated carbocycles. The maximum atomic E-state index is 2.61. The summed E-state index contributed by atoms with van der Waals surface area (Å²) in [4.78, 5) is 2.59. The molecule has 1 aromatic heterocycles. The van der Waals surface area contributed by atoms with Crippen LogP contribution in [-0.4, -0.2) is 8.07 Å². The van der Waals surface area contributed by atoms with Gasteiger partial charge in [-0.3, -0.25) is 0 Å². The zero-order chi connectivity index (χ0) is 39.5. The summed E-state index contributed by atoms with van der Waals surface area (Å²) in [5.74, 6) is 0. The van der Waals surface area contributed by atoms with Gasteiger partial charge in [0.05, 0.1) is 16.8 Å². The zero-order valence-corrected chi connectivity index (χ0v) is 35.1. The smallest absolute Gasteiger partial charge is 0.182 e. The molecule has 3 aliphatic heterocycles. The maximum absolute atomic E-state index is 2.69. The van der Waals surface area contributed by atoms with Gasteiger partial charge >= 0.3 is 0 Å². The van der Waals surface area contributed by atoms with Gasteiger partial charge in [-0.15, -0.1) is 11.3 Å². The molecular weight excluding hydrogens is 759 g/mol. The molecule has 60 heavy (non-hydrogen) atoms. The minimum atomic E-state index is -2.69. The fourth-order valence-corrected chi connectivity index (χ4v) is 19.1. The van der Waals surface area contributed by atoms with Crippen molar-refractivity contribution >= 4 is 77.4 Å². The van der Waals surface area contributed by atoms with Crippen LogP contribution in [0.15, 0.2) is 188 Å². The highest BCUT2D eigenvalue weighted by Gasteiger charge is 2.55. The Morgan fingerprint density at radius 1 is 0.383 bits per heavy atom. The molecule has 0 saturated heterocycles. The Morgan fingerprint density at radius 3 is 1.65 bits per heavy atom. The Hall–Kier alpha value is -6.78. The van der Waals surface area contributed by atoms with Crippen molar-refractivity contribution in [3.8, 4) is 33.4 Å². The van der Waals surface area contributed by atoms with E-state index in [2.05, 4.69) is 207 Å². The summed E-state index contributed by atoms with van der Waals surface area (Å²) in [5.41, 5.74) is 19.5. The maximum Gasteiger partial charge on any atom is 0.182 e. The predicted octanol–water partition coefficient (Wildman–Crippen LogP) is 12.2. The molecule has 0 fully saturated rings. The Kier molecular flexibility index (Phi) is 6.33. The standard InChI is InChI=1S/C57H37NSSi/c1-34-23-26-40-41-27-24-35(2)30-55(41)60(54(40)29-34)53-22-12-5-15-39(53)42-28-25-36(31-56(42)60)58-49-19-9-7-17-46(49)57(47-18-8-10-20-50(47)58)45-16-6-3-13-37(45)43-33-52-44(32-48(43)57)38-14-4-11-21-51(38)59-52/h3-33H,1-2H3. The van der Waals surface area contributed by atoms with Gasteiger partial charge in [-0.05, 0) is 133 Å². The van der Waals surface area contributed by atoms with Crippen molar-refractivity contribution in [2.75, 3.05) is 4.90 Å². The third-order valence-corrected chi connectivity index (χ3v) is 20.4. The number of hydrogen-bond acceptors (Lipinski definition) is 2. The first-order valence-corrected chi connectivity index (χ1v) is 23.9. The van der Waals surface area contributed by atoms with Crippen LogP contribution in [0, 0.1) is 13.8 Å². The molecule has 10 aromatic rings. The van der Waals surface area contributed by atoms with Gasteiger partial charge in [0.25, 0.3) is 0 Å². The molecule has 2 spiro atoms. The summed E-state index contributed by atoms with van der Waals surface area (Å²) in [5, 5.41) is 8.74. The summed E-state index contributed by atoms with van der Waals surface area (Å²) in [7, 11) is -2.69. The molecule has 4 heterocycles. The number of fused-ring (bicyclic) bond motifs is 22. The second-order valence-electron chi connectivity index (χ2n) is 17.3. The average Bonchev–Trinajstić information content (AvgIpc) is 3.98. The monoisotopic (exact) mass is 795 g/mol. The first-order chi connectivity index (χ1) is 29.6. The van der Waals surface area contributed by atoms with Crippen molar-refractivity contribution < 1.29 is 0 Å². The fourth-order valence-electron chi connectivity index (χ4n) is 12.1. The van der Waals surface area contributed by atoms with Gasteiger partial charge in [-0.25, -0.2) is 0 Å². The third-order valence-electron chi connectivity index (χ3n) is 14.4. The number of thiophene rings is 1. The Bertz CT molecular complexity index is 3450. The minimum Gasteiger partial charge on any atom is -0.310 e. The molecule has 1 aliphatic carbocycles. The highest BCUT2D eigenvalue weighted by atomic mass is 32.1. The summed E-state index contributed by atoms with van der Waals surface area (Å²) in [6.07, 6.45) is 0. The molecule has 280 valence electrons. The van der Waals surface area contributed by atoms with E-state index in [1.54, 1.807) is 0 Å². The van der Waals surface area contributed by atoms with Gasteiger partial charge in [0.15, 0.2) is 8.07 Å². The Morgan fingerprint density at radius 2 is 0.933 bits per heavy atom. The van der Waals surface area contributed by atoms with Crippen molar-refractivity contribution in [3.63, 3.8) is 0 Å². The molecule has 0 radical (unpaired) electrons. The van der Waals surface area contributed by atoms with Crippen LogP contribution >= 0.6 is 11.3 Å². The number of aryl methyl sites for hydroxylation is 2. The van der Waals surface area contributed by atoms with Crippen LogP contribution in [0.3, 0.4) is 0 Å². The van der Waals surface area contributed by atoms with Crippen LogP contribution in [0.1, 0.15) is 33.4 Å². The molecule has 3 heteroatoms. The van der Waals surface area contributed by atoms with Crippen molar-refractivity contribution in [1.82, 2.24) is 0 Å². The molecule has 1 nitrogen and oxygen atoms in total. The van der Waals surface area contributed by atoms with E-state index in [0.717, 1.165) is 0 Å². The van der Waals surface area contributed by atoms with Crippen LogP contribution in [0.25, 0.3) is 53.6 Å². The third kappa shape index (κ3) is 3.85. The SMILES string of the molecule is Cc1ccc2c(c1)[Si]1(c3ccccc3-c3ccc(N4c5ccccc5C5(c6ccccc6-c6cc7sc8ccccc8c7cc65)c5ccccc54)cc31)c1cc(C)ccc1-2. The van der Waals surface area contributed by atoms with Gasteiger partial charge in [-0.2, -0.15) is 0 Å². The largest absolute Gasteiger partial charge is 0.310 e. The van der Waals surface area contributed by atoms with Crippen LogP contribution in [-0.2, 0) is 5.41 Å². The van der Waals surface area contributed by atoms with Crippen LogP contribution in [0.4, 0.5) is 17.1 Å². The van der Waals surface area contributed by atoms with Gasteiger partial charge < -0.3 is 4.90 Å². The molecule has 0 bridgehead atoms. The van der Waals surface area contributed by atoms with Crippen LogP contribution in [0.5, 0.6) is 0 Å². The molecule has 0 atom stereocenters. The van der Waals surface area contributed by atoms with E-state index in [-0.39, 0.29) is 0 Å². The fraction of sp³-hybridized carbons (Fsp3) is 0.0526. The molecule has 0 amide bonds. The van der Waals surface area contributed by atoms with Gasteiger partial charge in [0, 0.05) is 25.9 Å². The van der Waals surface area contributed by atoms with Gasteiger partial charge in [-0.1, -0.05) is 157 Å². The highest BCUT2D eigenvalue weighted by molar-refractivity contribution is 7.26. The average molecular weight is 796 g/mol. The quantitative estimate of drug-likeness (QED) is 0.150. The lowest BCUT2D eigenvalue weighted by Crippen LogP contribution is -2.70. The van der Waals surface area contributed by atoms with Crippen LogP contribution in [0.2, 0.25) is 0 Å². The second kappa shape index (κ2) is 11.5. The summed E-state index contributed by atoms with van der Waals surface area (Å²) >= 11 is 1.91. The first kappa shape index (κ1) is 33.1. The van der Waals surface area contributed by atoms with Crippen molar-refractivity contribution in [1.29, 1.82) is 0 Å². The molecule has 4 aliphatic rings. The normalized spacial score (nSPS) is 15.1. The molecule has 0 unspecified atom stereocenters. The van der Waals surface area contributed by atoms with E-state index in [9.17, 15) is 0 Å². The topological polar surface area (TPSA) is 3.24 Å². The Balaban J connectivity index is 1.06. The molecule has 0 N–H and O–H groups in total. The predicted molar refractivity (Wildman–Crippen MR) is 256 cm³/mol. The molecule has 9 aromatic carbocycles. The van der Waals surface area contributed by atoms with E-state index in [0.29, 0.717) is 0 Å². The van der Waals surface area contributed by atoms with Gasteiger partial charge in [0.2, 0.25) is 0 Å².